The molecule has 0 aliphatic rings. The lowest BCUT2D eigenvalue weighted by Gasteiger charge is -1.99. The fraction of sp³-hybridized carbons (Fsp3) is 0.0667. The van der Waals surface area contributed by atoms with E-state index < -0.39 is 0 Å². The van der Waals surface area contributed by atoms with Gasteiger partial charge < -0.3 is 0 Å². The predicted octanol–water partition coefficient (Wildman–Crippen LogP) is 2.65. The summed E-state index contributed by atoms with van der Waals surface area (Å²) in [5, 5.41) is 0. The van der Waals surface area contributed by atoms with E-state index in [9.17, 15) is 4.79 Å². The van der Waals surface area contributed by atoms with Crippen LogP contribution in [0.1, 0.15) is 17.3 Å². The number of Topliss-reactive ketones (excluding diaryl/α,β-unsaturated/α-hetero) is 1. The van der Waals surface area contributed by atoms with Crippen molar-refractivity contribution in [2.75, 3.05) is 0 Å². The van der Waals surface area contributed by atoms with Gasteiger partial charge in [0.2, 0.25) is 6.33 Å². The van der Waals surface area contributed by atoms with E-state index in [4.69, 9.17) is 0 Å². The van der Waals surface area contributed by atoms with Gasteiger partial charge in [-0.2, -0.15) is 4.57 Å². The predicted molar refractivity (Wildman–Crippen MR) is 69.8 cm³/mol. The summed E-state index contributed by atoms with van der Waals surface area (Å²) in [6.07, 6.45) is 1.91. The second-order valence-electron chi connectivity index (χ2n) is 4.27. The first kappa shape index (κ1) is 10.7. The summed E-state index contributed by atoms with van der Waals surface area (Å²) in [6.45, 7) is 1.58. The number of carbonyl (C=O) groups excluding carboxylic acids is 1. The molecule has 0 radical (unpaired) electrons. The molecule has 1 aromatic heterocycles. The maximum atomic E-state index is 11.4. The average molecular weight is 237 g/mol. The zero-order valence-corrected chi connectivity index (χ0v) is 10.1. The Morgan fingerprint density at radius 1 is 1.11 bits per heavy atom. The number of fused-ring (bicyclic) bond motifs is 1. The molecule has 0 atom stereocenters. The number of hydrogen-bond donors (Lipinski definition) is 1. The Kier molecular flexibility index (Phi) is 2.45. The van der Waals surface area contributed by atoms with Crippen molar-refractivity contribution in [1.82, 2.24) is 4.98 Å². The molecule has 0 aliphatic heterocycles. The standard InChI is InChI=1S/C15H12N2O/c1-11(18)12-5-4-6-13(9-12)17-10-16-14-7-2-3-8-15(14)17/h2-10H,1H3/p+1. The molecule has 3 nitrogen and oxygen atoms in total. The van der Waals surface area contributed by atoms with Gasteiger partial charge in [-0.1, -0.05) is 24.3 Å². The minimum absolute atomic E-state index is 0.0808. The lowest BCUT2D eigenvalue weighted by atomic mass is 10.1. The monoisotopic (exact) mass is 237 g/mol. The molecule has 0 spiro atoms. The Morgan fingerprint density at radius 2 is 1.94 bits per heavy atom. The van der Waals surface area contributed by atoms with Crippen molar-refractivity contribution < 1.29 is 9.36 Å². The van der Waals surface area contributed by atoms with Crippen LogP contribution in [0.2, 0.25) is 0 Å². The second kappa shape index (κ2) is 4.11. The number of rotatable bonds is 2. The Labute approximate surface area is 105 Å². The van der Waals surface area contributed by atoms with Crippen molar-refractivity contribution in [1.29, 1.82) is 0 Å². The molecule has 0 saturated carbocycles. The summed E-state index contributed by atoms with van der Waals surface area (Å²) in [6, 6.07) is 15.7. The minimum Gasteiger partial charge on any atom is -0.295 e. The van der Waals surface area contributed by atoms with E-state index >= 15 is 0 Å². The summed E-state index contributed by atoms with van der Waals surface area (Å²) in [5.74, 6) is 0.0808. The van der Waals surface area contributed by atoms with E-state index in [-0.39, 0.29) is 5.78 Å². The van der Waals surface area contributed by atoms with Crippen LogP contribution in [0.5, 0.6) is 0 Å². The van der Waals surface area contributed by atoms with Crippen molar-refractivity contribution in [3.8, 4) is 5.69 Å². The summed E-state index contributed by atoms with van der Waals surface area (Å²) in [4.78, 5) is 14.6. The average Bonchev–Trinajstić information content (AvgIpc) is 2.82. The van der Waals surface area contributed by atoms with Crippen LogP contribution in [-0.4, -0.2) is 10.8 Å². The lowest BCUT2D eigenvalue weighted by Crippen LogP contribution is -2.28. The van der Waals surface area contributed by atoms with Crippen LogP contribution in [0.4, 0.5) is 0 Å². The number of ketones is 1. The highest BCUT2D eigenvalue weighted by Crippen LogP contribution is 2.11. The van der Waals surface area contributed by atoms with Gasteiger partial charge in [0.1, 0.15) is 5.69 Å². The third-order valence-corrected chi connectivity index (χ3v) is 3.04. The van der Waals surface area contributed by atoms with Crippen LogP contribution < -0.4 is 4.57 Å². The molecule has 0 amide bonds. The fourth-order valence-electron chi connectivity index (χ4n) is 2.10. The summed E-state index contributed by atoms with van der Waals surface area (Å²) in [5.41, 5.74) is 3.88. The highest BCUT2D eigenvalue weighted by atomic mass is 16.1. The highest BCUT2D eigenvalue weighted by Gasteiger charge is 2.11. The molecule has 1 heterocycles. The molecule has 0 fully saturated rings. The van der Waals surface area contributed by atoms with Gasteiger partial charge in [-0.05, 0) is 31.2 Å². The third kappa shape index (κ3) is 1.70. The molecule has 3 heteroatoms. The number of nitrogens with one attached hydrogen (secondary N) is 1. The van der Waals surface area contributed by atoms with E-state index in [1.165, 1.54) is 0 Å². The zero-order chi connectivity index (χ0) is 12.5. The van der Waals surface area contributed by atoms with Gasteiger partial charge in [0.15, 0.2) is 16.8 Å². The van der Waals surface area contributed by atoms with Crippen molar-refractivity contribution in [2.24, 2.45) is 0 Å². The zero-order valence-electron chi connectivity index (χ0n) is 10.1. The van der Waals surface area contributed by atoms with E-state index in [1.807, 2.05) is 59.4 Å². The maximum absolute atomic E-state index is 11.4. The van der Waals surface area contributed by atoms with Crippen LogP contribution in [0.3, 0.4) is 0 Å². The number of para-hydroxylation sites is 2. The maximum Gasteiger partial charge on any atom is 0.247 e. The van der Waals surface area contributed by atoms with E-state index in [2.05, 4.69) is 4.98 Å². The van der Waals surface area contributed by atoms with Gasteiger partial charge in [0.25, 0.3) is 0 Å². The Hall–Kier alpha value is -2.42. The van der Waals surface area contributed by atoms with Crippen LogP contribution in [0.15, 0.2) is 54.9 Å². The van der Waals surface area contributed by atoms with Crippen molar-refractivity contribution >= 4 is 16.8 Å². The van der Waals surface area contributed by atoms with Crippen molar-refractivity contribution in [3.63, 3.8) is 0 Å². The minimum atomic E-state index is 0.0808. The molecule has 0 saturated heterocycles. The van der Waals surface area contributed by atoms with Gasteiger partial charge in [0, 0.05) is 5.56 Å². The number of aromatic nitrogens is 2. The number of benzene rings is 2. The summed E-state index contributed by atoms with van der Waals surface area (Å²) in [7, 11) is 0. The second-order valence-corrected chi connectivity index (χ2v) is 4.27. The lowest BCUT2D eigenvalue weighted by molar-refractivity contribution is -0.567. The topological polar surface area (TPSA) is 36.7 Å². The SMILES string of the molecule is CC(=O)c1cccc(-[n+]2c[nH]c3ccccc32)c1. The van der Waals surface area contributed by atoms with Gasteiger partial charge >= 0.3 is 0 Å². The molecule has 18 heavy (non-hydrogen) atoms. The first-order chi connectivity index (χ1) is 8.75. The normalized spacial score (nSPS) is 10.7. The quantitative estimate of drug-likeness (QED) is 0.540. The number of imidazole rings is 1. The van der Waals surface area contributed by atoms with Crippen molar-refractivity contribution in [3.05, 3.63) is 60.4 Å². The van der Waals surface area contributed by atoms with Gasteiger partial charge in [-0.3, -0.25) is 4.79 Å². The van der Waals surface area contributed by atoms with Gasteiger partial charge in [0.05, 0.1) is 0 Å². The number of aromatic amines is 1. The molecule has 3 rings (SSSR count). The fourth-order valence-corrected chi connectivity index (χ4v) is 2.10. The third-order valence-electron chi connectivity index (χ3n) is 3.04. The molecule has 0 aliphatic carbocycles. The summed E-state index contributed by atoms with van der Waals surface area (Å²) < 4.78 is 2.04. The molecule has 3 aromatic rings. The van der Waals surface area contributed by atoms with Gasteiger partial charge in [-0.25, -0.2) is 4.98 Å². The summed E-state index contributed by atoms with van der Waals surface area (Å²) >= 11 is 0. The molecule has 1 N–H and O–H groups in total. The molecule has 0 unspecified atom stereocenters. The molecule has 0 bridgehead atoms. The highest BCUT2D eigenvalue weighted by molar-refractivity contribution is 5.94. The smallest absolute Gasteiger partial charge is 0.247 e. The molecular weight excluding hydrogens is 224 g/mol. The van der Waals surface area contributed by atoms with Gasteiger partial charge in [-0.15, -0.1) is 0 Å². The van der Waals surface area contributed by atoms with E-state index in [1.54, 1.807) is 6.92 Å². The van der Waals surface area contributed by atoms with Crippen LogP contribution in [-0.2, 0) is 0 Å². The molecule has 88 valence electrons. The first-order valence-corrected chi connectivity index (χ1v) is 5.85. The van der Waals surface area contributed by atoms with Crippen molar-refractivity contribution in [2.45, 2.75) is 6.92 Å². The number of carbonyl (C=O) groups is 1. The Bertz CT molecular complexity index is 728. The first-order valence-electron chi connectivity index (χ1n) is 5.85. The number of hydrogen-bond acceptors (Lipinski definition) is 1. The van der Waals surface area contributed by atoms with Crippen LogP contribution in [0, 0.1) is 0 Å². The van der Waals surface area contributed by atoms with E-state index in [0.29, 0.717) is 0 Å². The number of nitrogens with zero attached hydrogens (tertiary/aromatic N) is 1. The van der Waals surface area contributed by atoms with Crippen LogP contribution in [0.25, 0.3) is 16.7 Å². The number of H-pyrrole nitrogens is 1. The van der Waals surface area contributed by atoms with E-state index in [0.717, 1.165) is 22.3 Å². The van der Waals surface area contributed by atoms with Crippen LogP contribution >= 0.6 is 0 Å². The molecule has 2 aromatic carbocycles. The Morgan fingerprint density at radius 3 is 2.78 bits per heavy atom. The Balaban J connectivity index is 2.20. The largest absolute Gasteiger partial charge is 0.295 e. The molecular formula is C15H13N2O+.